The minimum Gasteiger partial charge on any atom is -0.399 e. The summed E-state index contributed by atoms with van der Waals surface area (Å²) in [7, 11) is 0. The van der Waals surface area contributed by atoms with E-state index in [2.05, 4.69) is 4.98 Å². The molecule has 6 N–H and O–H groups in total. The Balaban J connectivity index is 2.22. The molecule has 1 aliphatic rings. The second kappa shape index (κ2) is 5.40. The van der Waals surface area contributed by atoms with E-state index in [1.807, 2.05) is 0 Å². The lowest BCUT2D eigenvalue weighted by Crippen LogP contribution is -2.49. The first-order valence-electron chi connectivity index (χ1n) is 6.55. The Hall–Kier alpha value is -1.87. The molecule has 1 aromatic rings. The lowest BCUT2D eigenvalue weighted by molar-refractivity contribution is -0.189. The Morgan fingerprint density at radius 2 is 2.00 bits per heavy atom. The molecule has 1 atom stereocenters. The van der Waals surface area contributed by atoms with Crippen molar-refractivity contribution in [1.82, 2.24) is 9.99 Å². The van der Waals surface area contributed by atoms with Gasteiger partial charge in [0, 0.05) is 17.6 Å². The standard InChI is InChI=1S/C13H17F4N5/c1-7-8(2-3-10(14)21-7)11(19)9(18)6-22(20)12(4-5-12)13(15,16)17/h2-3,6,11H,4-5,18-20H2,1H3/b9-6-. The number of halogens is 4. The number of aryl methyl sites for hydroxylation is 1. The van der Waals surface area contributed by atoms with Crippen molar-refractivity contribution in [3.8, 4) is 0 Å². The van der Waals surface area contributed by atoms with Crippen LogP contribution < -0.4 is 17.3 Å². The van der Waals surface area contributed by atoms with Gasteiger partial charge in [0.1, 0.15) is 0 Å². The monoisotopic (exact) mass is 319 g/mol. The highest BCUT2D eigenvalue weighted by atomic mass is 19.4. The van der Waals surface area contributed by atoms with Crippen LogP contribution in [-0.2, 0) is 0 Å². The van der Waals surface area contributed by atoms with Gasteiger partial charge in [0.25, 0.3) is 0 Å². The molecule has 0 spiro atoms. The molecule has 0 amide bonds. The first kappa shape index (κ1) is 16.5. The predicted molar refractivity (Wildman–Crippen MR) is 72.2 cm³/mol. The van der Waals surface area contributed by atoms with Crippen molar-refractivity contribution < 1.29 is 17.6 Å². The fraction of sp³-hybridized carbons (Fsp3) is 0.462. The molecule has 1 unspecified atom stereocenters. The first-order chi connectivity index (χ1) is 10.1. The smallest absolute Gasteiger partial charge is 0.399 e. The zero-order valence-electron chi connectivity index (χ0n) is 11.9. The molecule has 122 valence electrons. The van der Waals surface area contributed by atoms with Crippen LogP contribution in [0.3, 0.4) is 0 Å². The summed E-state index contributed by atoms with van der Waals surface area (Å²) in [5.41, 5.74) is 10.2. The van der Waals surface area contributed by atoms with Crippen LogP contribution in [0.1, 0.15) is 30.1 Å². The zero-order chi connectivity index (χ0) is 16.7. The second-order valence-corrected chi connectivity index (χ2v) is 5.35. The summed E-state index contributed by atoms with van der Waals surface area (Å²) in [6, 6.07) is 1.57. The van der Waals surface area contributed by atoms with Gasteiger partial charge < -0.3 is 16.5 Å². The number of hydrogen-bond acceptors (Lipinski definition) is 5. The SMILES string of the molecule is Cc1nc(F)ccc1C(N)/C(N)=C/N(N)C1(C(F)(F)F)CC1. The number of hydrazine groups is 1. The van der Waals surface area contributed by atoms with Crippen LogP contribution in [0.25, 0.3) is 0 Å². The van der Waals surface area contributed by atoms with Crippen LogP contribution in [0.5, 0.6) is 0 Å². The number of aromatic nitrogens is 1. The summed E-state index contributed by atoms with van der Waals surface area (Å²) in [6.45, 7) is 1.53. The molecular formula is C13H17F4N5. The number of nitrogens with two attached hydrogens (primary N) is 3. The molecule has 0 aromatic carbocycles. The molecule has 5 nitrogen and oxygen atoms in total. The topological polar surface area (TPSA) is 94.2 Å². The highest BCUT2D eigenvalue weighted by molar-refractivity contribution is 5.29. The maximum absolute atomic E-state index is 13.0. The van der Waals surface area contributed by atoms with Gasteiger partial charge in [0.2, 0.25) is 5.95 Å². The van der Waals surface area contributed by atoms with Gasteiger partial charge in [0.15, 0.2) is 5.54 Å². The largest absolute Gasteiger partial charge is 0.413 e. The Morgan fingerprint density at radius 3 is 2.45 bits per heavy atom. The molecular weight excluding hydrogens is 302 g/mol. The summed E-state index contributed by atoms with van der Waals surface area (Å²) in [5, 5.41) is 0.564. The third kappa shape index (κ3) is 2.86. The van der Waals surface area contributed by atoms with E-state index in [1.54, 1.807) is 0 Å². The van der Waals surface area contributed by atoms with E-state index in [4.69, 9.17) is 17.3 Å². The van der Waals surface area contributed by atoms with Crippen molar-refractivity contribution in [2.75, 3.05) is 0 Å². The lowest BCUT2D eigenvalue weighted by Gasteiger charge is -2.29. The number of pyridine rings is 1. The minimum absolute atomic E-state index is 0.0606. The van der Waals surface area contributed by atoms with Crippen molar-refractivity contribution >= 4 is 0 Å². The Kier molecular flexibility index (Phi) is 4.05. The van der Waals surface area contributed by atoms with Gasteiger partial charge in [-0.2, -0.15) is 17.6 Å². The van der Waals surface area contributed by atoms with Crippen molar-refractivity contribution in [1.29, 1.82) is 0 Å². The third-order valence-corrected chi connectivity index (χ3v) is 3.82. The minimum atomic E-state index is -4.45. The third-order valence-electron chi connectivity index (χ3n) is 3.82. The molecule has 2 rings (SSSR count). The Labute approximate surface area is 124 Å². The van der Waals surface area contributed by atoms with Crippen LogP contribution >= 0.6 is 0 Å². The molecule has 1 fully saturated rings. The maximum atomic E-state index is 13.0. The van der Waals surface area contributed by atoms with Gasteiger partial charge in [-0.15, -0.1) is 0 Å². The summed E-state index contributed by atoms with van der Waals surface area (Å²) < 4.78 is 51.8. The fourth-order valence-electron chi connectivity index (χ4n) is 2.22. The molecule has 0 radical (unpaired) electrons. The first-order valence-corrected chi connectivity index (χ1v) is 6.55. The summed E-state index contributed by atoms with van der Waals surface area (Å²) in [6.07, 6.45) is -3.66. The number of hydrogen-bond donors (Lipinski definition) is 3. The summed E-state index contributed by atoms with van der Waals surface area (Å²) in [4.78, 5) is 3.60. The molecule has 9 heteroatoms. The Bertz CT molecular complexity index is 595. The van der Waals surface area contributed by atoms with Crippen molar-refractivity contribution in [3.63, 3.8) is 0 Å². The van der Waals surface area contributed by atoms with Crippen molar-refractivity contribution in [3.05, 3.63) is 41.2 Å². The molecule has 1 heterocycles. The lowest BCUT2D eigenvalue weighted by atomic mass is 10.0. The molecule has 1 aliphatic carbocycles. The van der Waals surface area contributed by atoms with E-state index in [-0.39, 0.29) is 18.5 Å². The highest BCUT2D eigenvalue weighted by Gasteiger charge is 2.66. The van der Waals surface area contributed by atoms with Crippen LogP contribution in [0.15, 0.2) is 24.0 Å². The average Bonchev–Trinajstić information content (AvgIpc) is 3.18. The molecule has 0 bridgehead atoms. The van der Waals surface area contributed by atoms with E-state index >= 15 is 0 Å². The maximum Gasteiger partial charge on any atom is 0.413 e. The molecule has 0 aliphatic heterocycles. The van der Waals surface area contributed by atoms with Gasteiger partial charge in [0.05, 0.1) is 6.04 Å². The average molecular weight is 319 g/mol. The van der Waals surface area contributed by atoms with Crippen LogP contribution in [0, 0.1) is 12.9 Å². The van der Waals surface area contributed by atoms with Crippen LogP contribution in [-0.4, -0.2) is 21.7 Å². The number of alkyl halides is 3. The normalized spacial score (nSPS) is 19.0. The fourth-order valence-corrected chi connectivity index (χ4v) is 2.22. The van der Waals surface area contributed by atoms with Gasteiger partial charge in [-0.3, -0.25) is 0 Å². The van der Waals surface area contributed by atoms with Crippen LogP contribution in [0.2, 0.25) is 0 Å². The second-order valence-electron chi connectivity index (χ2n) is 5.35. The summed E-state index contributed by atoms with van der Waals surface area (Å²) >= 11 is 0. The van der Waals surface area contributed by atoms with Gasteiger partial charge in [-0.05, 0) is 31.4 Å². The van der Waals surface area contributed by atoms with E-state index in [9.17, 15) is 17.6 Å². The van der Waals surface area contributed by atoms with Gasteiger partial charge >= 0.3 is 6.18 Å². The molecule has 22 heavy (non-hydrogen) atoms. The molecule has 1 aromatic heterocycles. The number of rotatable bonds is 4. The summed E-state index contributed by atoms with van der Waals surface area (Å²) in [5.74, 6) is 4.83. The number of nitrogens with zero attached hydrogens (tertiary/aromatic N) is 2. The quantitative estimate of drug-likeness (QED) is 0.339. The van der Waals surface area contributed by atoms with Crippen molar-refractivity contribution in [2.45, 2.75) is 37.5 Å². The predicted octanol–water partition coefficient (Wildman–Crippen LogP) is 1.60. The van der Waals surface area contributed by atoms with Crippen molar-refractivity contribution in [2.24, 2.45) is 17.3 Å². The van der Waals surface area contributed by atoms with Crippen LogP contribution in [0.4, 0.5) is 17.6 Å². The van der Waals surface area contributed by atoms with E-state index in [0.29, 0.717) is 16.3 Å². The van der Waals surface area contributed by atoms with Gasteiger partial charge in [-0.1, -0.05) is 6.07 Å². The zero-order valence-corrected chi connectivity index (χ0v) is 11.9. The molecule has 0 saturated heterocycles. The highest BCUT2D eigenvalue weighted by Crippen LogP contribution is 2.52. The van der Waals surface area contributed by atoms with E-state index < -0.39 is 23.7 Å². The van der Waals surface area contributed by atoms with E-state index in [1.165, 1.54) is 13.0 Å². The molecule has 1 saturated carbocycles. The van der Waals surface area contributed by atoms with Gasteiger partial charge in [-0.25, -0.2) is 10.8 Å². The Morgan fingerprint density at radius 1 is 1.41 bits per heavy atom. The van der Waals surface area contributed by atoms with E-state index in [0.717, 1.165) is 12.3 Å².